The van der Waals surface area contributed by atoms with Crippen molar-refractivity contribution in [3.8, 4) is 0 Å². The van der Waals surface area contributed by atoms with E-state index in [4.69, 9.17) is 11.6 Å². The summed E-state index contributed by atoms with van der Waals surface area (Å²) < 4.78 is 3.87. The van der Waals surface area contributed by atoms with Gasteiger partial charge in [0.1, 0.15) is 4.88 Å². The maximum Gasteiger partial charge on any atom is 0.265 e. The largest absolute Gasteiger partial charge is 0.348 e. The number of rotatable bonds is 6. The van der Waals surface area contributed by atoms with Gasteiger partial charge in [0.2, 0.25) is 0 Å². The molecule has 1 N–H and O–H groups in total. The van der Waals surface area contributed by atoms with E-state index in [1.54, 1.807) is 0 Å². The number of hydrogen-bond acceptors (Lipinski definition) is 4. The standard InChI is InChI=1S/C12H20ClN3OS/c1-7(2)9(5-6-13)14-12(17)11-10(8(3)4)15-16-18-11/h7-9H,5-6H2,1-4H3,(H,14,17). The first-order valence-corrected chi connectivity index (χ1v) is 7.47. The van der Waals surface area contributed by atoms with Crippen molar-refractivity contribution in [3.05, 3.63) is 10.6 Å². The zero-order valence-corrected chi connectivity index (χ0v) is 12.8. The van der Waals surface area contributed by atoms with Gasteiger partial charge in [-0.3, -0.25) is 4.79 Å². The summed E-state index contributed by atoms with van der Waals surface area (Å²) >= 11 is 6.91. The predicted octanol–water partition coefficient (Wildman–Crippen LogP) is 3.04. The van der Waals surface area contributed by atoms with Crippen LogP contribution in [0.25, 0.3) is 0 Å². The molecule has 6 heteroatoms. The van der Waals surface area contributed by atoms with Gasteiger partial charge < -0.3 is 5.32 Å². The minimum Gasteiger partial charge on any atom is -0.348 e. The Morgan fingerprint density at radius 1 is 1.39 bits per heavy atom. The Balaban J connectivity index is 2.77. The topological polar surface area (TPSA) is 54.9 Å². The molecule has 1 heterocycles. The number of nitrogens with one attached hydrogen (secondary N) is 1. The first-order valence-electron chi connectivity index (χ1n) is 6.16. The van der Waals surface area contributed by atoms with Crippen LogP contribution in [-0.2, 0) is 0 Å². The lowest BCUT2D eigenvalue weighted by molar-refractivity contribution is 0.0927. The van der Waals surface area contributed by atoms with E-state index in [0.29, 0.717) is 16.7 Å². The van der Waals surface area contributed by atoms with Gasteiger partial charge in [0.15, 0.2) is 0 Å². The zero-order chi connectivity index (χ0) is 13.7. The van der Waals surface area contributed by atoms with Crippen LogP contribution in [0.3, 0.4) is 0 Å². The SMILES string of the molecule is CC(C)c1nnsc1C(=O)NC(CCCl)C(C)C. The van der Waals surface area contributed by atoms with Gasteiger partial charge in [-0.1, -0.05) is 32.2 Å². The van der Waals surface area contributed by atoms with Crippen LogP contribution in [0.2, 0.25) is 0 Å². The molecule has 1 unspecified atom stereocenters. The van der Waals surface area contributed by atoms with Gasteiger partial charge in [-0.25, -0.2) is 0 Å². The first kappa shape index (κ1) is 15.4. The van der Waals surface area contributed by atoms with Crippen LogP contribution < -0.4 is 5.32 Å². The summed E-state index contributed by atoms with van der Waals surface area (Å²) in [6.45, 7) is 8.16. The van der Waals surface area contributed by atoms with Gasteiger partial charge in [-0.2, -0.15) is 0 Å². The Kier molecular flexibility index (Phi) is 6.02. The van der Waals surface area contributed by atoms with Crippen LogP contribution >= 0.6 is 23.1 Å². The zero-order valence-electron chi connectivity index (χ0n) is 11.2. The normalized spacial score (nSPS) is 13.1. The van der Waals surface area contributed by atoms with E-state index >= 15 is 0 Å². The van der Waals surface area contributed by atoms with Gasteiger partial charge in [0.05, 0.1) is 5.69 Å². The highest BCUT2D eigenvalue weighted by molar-refractivity contribution is 7.08. The van der Waals surface area contributed by atoms with E-state index in [-0.39, 0.29) is 17.9 Å². The van der Waals surface area contributed by atoms with Crippen LogP contribution in [-0.4, -0.2) is 27.4 Å². The maximum absolute atomic E-state index is 12.2. The van der Waals surface area contributed by atoms with E-state index in [1.807, 2.05) is 13.8 Å². The smallest absolute Gasteiger partial charge is 0.265 e. The van der Waals surface area contributed by atoms with Gasteiger partial charge in [-0.15, -0.1) is 16.7 Å². The average Bonchev–Trinajstić information content (AvgIpc) is 2.77. The van der Waals surface area contributed by atoms with Crippen molar-refractivity contribution in [2.45, 2.75) is 46.1 Å². The fourth-order valence-corrected chi connectivity index (χ4v) is 2.61. The number of amides is 1. The third-order valence-corrected chi connectivity index (χ3v) is 3.77. The molecule has 0 saturated heterocycles. The Hall–Kier alpha value is -0.680. The van der Waals surface area contributed by atoms with E-state index in [9.17, 15) is 4.79 Å². The predicted molar refractivity (Wildman–Crippen MR) is 75.4 cm³/mol. The number of halogens is 1. The molecule has 0 saturated carbocycles. The van der Waals surface area contributed by atoms with E-state index in [2.05, 4.69) is 28.8 Å². The summed E-state index contributed by atoms with van der Waals surface area (Å²) in [5.41, 5.74) is 0.769. The molecule has 0 aliphatic rings. The molecule has 4 nitrogen and oxygen atoms in total. The molecule has 0 aliphatic heterocycles. The summed E-state index contributed by atoms with van der Waals surface area (Å²) in [4.78, 5) is 12.8. The molecular weight excluding hydrogens is 270 g/mol. The Morgan fingerprint density at radius 2 is 2.06 bits per heavy atom. The molecule has 102 valence electrons. The van der Waals surface area contributed by atoms with Crippen LogP contribution in [0.15, 0.2) is 0 Å². The molecule has 1 rings (SSSR count). The molecule has 0 radical (unpaired) electrons. The second-order valence-corrected chi connectivity index (χ2v) is 6.08. The van der Waals surface area contributed by atoms with Crippen molar-refractivity contribution in [3.63, 3.8) is 0 Å². The summed E-state index contributed by atoms with van der Waals surface area (Å²) in [5, 5.41) is 7.04. The fraction of sp³-hybridized carbons (Fsp3) is 0.750. The molecule has 0 bridgehead atoms. The van der Waals surface area contributed by atoms with Crippen LogP contribution in [0, 0.1) is 5.92 Å². The lowest BCUT2D eigenvalue weighted by Crippen LogP contribution is -2.38. The van der Waals surface area contributed by atoms with Gasteiger partial charge in [0.25, 0.3) is 5.91 Å². The van der Waals surface area contributed by atoms with Crippen molar-refractivity contribution in [2.75, 3.05) is 5.88 Å². The van der Waals surface area contributed by atoms with Crippen LogP contribution in [0.4, 0.5) is 0 Å². The van der Waals surface area contributed by atoms with Crippen molar-refractivity contribution >= 4 is 29.0 Å². The maximum atomic E-state index is 12.2. The second kappa shape index (κ2) is 7.04. The van der Waals surface area contributed by atoms with Crippen molar-refractivity contribution in [1.29, 1.82) is 0 Å². The minimum absolute atomic E-state index is 0.0856. The van der Waals surface area contributed by atoms with Crippen LogP contribution in [0.5, 0.6) is 0 Å². The van der Waals surface area contributed by atoms with E-state index < -0.39 is 0 Å². The van der Waals surface area contributed by atoms with Crippen LogP contribution in [0.1, 0.15) is 55.4 Å². The molecule has 0 aromatic carbocycles. The summed E-state index contributed by atoms with van der Waals surface area (Å²) in [6, 6.07) is 0.0945. The monoisotopic (exact) mass is 289 g/mol. The number of nitrogens with zero attached hydrogens (tertiary/aromatic N) is 2. The molecule has 0 fully saturated rings. The highest BCUT2D eigenvalue weighted by Gasteiger charge is 2.22. The molecule has 0 aliphatic carbocycles. The second-order valence-electron chi connectivity index (χ2n) is 4.94. The van der Waals surface area contributed by atoms with Crippen molar-refractivity contribution < 1.29 is 4.79 Å². The minimum atomic E-state index is -0.0856. The molecule has 1 atom stereocenters. The molecule has 0 spiro atoms. The molecule has 1 amide bonds. The van der Waals surface area contributed by atoms with Gasteiger partial charge >= 0.3 is 0 Å². The van der Waals surface area contributed by atoms with E-state index in [0.717, 1.165) is 23.6 Å². The Bertz CT molecular complexity index is 392. The summed E-state index contributed by atoms with van der Waals surface area (Å²) in [7, 11) is 0. The molecule has 1 aromatic rings. The third kappa shape index (κ3) is 3.92. The average molecular weight is 290 g/mol. The summed E-state index contributed by atoms with van der Waals surface area (Å²) in [6.07, 6.45) is 0.772. The number of aromatic nitrogens is 2. The quantitative estimate of drug-likeness (QED) is 0.819. The molecule has 1 aromatic heterocycles. The van der Waals surface area contributed by atoms with Crippen molar-refractivity contribution in [1.82, 2.24) is 14.9 Å². The lowest BCUT2D eigenvalue weighted by Gasteiger charge is -2.21. The van der Waals surface area contributed by atoms with Gasteiger partial charge in [-0.05, 0) is 29.8 Å². The lowest BCUT2D eigenvalue weighted by atomic mass is 10.0. The van der Waals surface area contributed by atoms with E-state index in [1.165, 1.54) is 0 Å². The summed E-state index contributed by atoms with van der Waals surface area (Å²) in [5.74, 6) is 1.02. The third-order valence-electron chi connectivity index (χ3n) is 2.81. The molecular formula is C12H20ClN3OS. The number of carbonyl (C=O) groups is 1. The molecule has 18 heavy (non-hydrogen) atoms. The highest BCUT2D eigenvalue weighted by Crippen LogP contribution is 2.20. The van der Waals surface area contributed by atoms with Crippen molar-refractivity contribution in [2.24, 2.45) is 5.92 Å². The number of hydrogen-bond donors (Lipinski definition) is 1. The Morgan fingerprint density at radius 3 is 2.56 bits per heavy atom. The first-order chi connectivity index (χ1) is 8.47. The number of alkyl halides is 1. The van der Waals surface area contributed by atoms with Gasteiger partial charge in [0, 0.05) is 11.9 Å². The number of carbonyl (C=O) groups excluding carboxylic acids is 1. The Labute approximate surface area is 117 Å². The fourth-order valence-electron chi connectivity index (χ4n) is 1.66. The highest BCUT2D eigenvalue weighted by atomic mass is 35.5.